The van der Waals surface area contributed by atoms with Crippen molar-refractivity contribution in [2.24, 2.45) is 0 Å². The Hall–Kier alpha value is -2.08. The Morgan fingerprint density at radius 1 is 1.26 bits per heavy atom. The molecule has 0 radical (unpaired) electrons. The molecule has 2 heterocycles. The maximum absolute atomic E-state index is 5.93. The lowest BCUT2D eigenvalue weighted by Crippen LogP contribution is -1.94. The van der Waals surface area contributed by atoms with E-state index >= 15 is 0 Å². The van der Waals surface area contributed by atoms with Crippen molar-refractivity contribution in [2.75, 3.05) is 12.8 Å². The average Bonchev–Trinajstić information content (AvgIpc) is 2.82. The van der Waals surface area contributed by atoms with Crippen LogP contribution in [0, 0.1) is 0 Å². The SMILES string of the molecule is COc1cccc(-c2nnc3c(N)cc(Br)cn23)c1. The van der Waals surface area contributed by atoms with Crippen LogP contribution >= 0.6 is 15.9 Å². The summed E-state index contributed by atoms with van der Waals surface area (Å²) in [6.45, 7) is 0. The summed E-state index contributed by atoms with van der Waals surface area (Å²) in [4.78, 5) is 0. The highest BCUT2D eigenvalue weighted by molar-refractivity contribution is 9.10. The Morgan fingerprint density at radius 3 is 2.89 bits per heavy atom. The van der Waals surface area contributed by atoms with Gasteiger partial charge in [-0.3, -0.25) is 4.40 Å². The summed E-state index contributed by atoms with van der Waals surface area (Å²) in [6.07, 6.45) is 1.89. The van der Waals surface area contributed by atoms with Crippen molar-refractivity contribution in [2.45, 2.75) is 0 Å². The summed E-state index contributed by atoms with van der Waals surface area (Å²) in [6, 6.07) is 9.47. The molecule has 96 valence electrons. The van der Waals surface area contributed by atoms with E-state index in [2.05, 4.69) is 26.1 Å². The number of ether oxygens (including phenoxy) is 1. The number of anilines is 1. The van der Waals surface area contributed by atoms with E-state index in [-0.39, 0.29) is 0 Å². The molecule has 0 amide bonds. The summed E-state index contributed by atoms with van der Waals surface area (Å²) in [5, 5.41) is 8.32. The van der Waals surface area contributed by atoms with Gasteiger partial charge in [0, 0.05) is 16.2 Å². The second-order valence-corrected chi connectivity index (χ2v) is 4.98. The Bertz CT molecular complexity index is 753. The molecule has 0 aliphatic heterocycles. The smallest absolute Gasteiger partial charge is 0.184 e. The largest absolute Gasteiger partial charge is 0.497 e. The van der Waals surface area contributed by atoms with Crippen LogP contribution in [0.4, 0.5) is 5.69 Å². The van der Waals surface area contributed by atoms with Crippen LogP contribution in [0.15, 0.2) is 41.0 Å². The molecule has 0 atom stereocenters. The third-order valence-electron chi connectivity index (χ3n) is 2.83. The molecule has 0 saturated carbocycles. The van der Waals surface area contributed by atoms with Crippen LogP contribution in [-0.2, 0) is 0 Å². The van der Waals surface area contributed by atoms with E-state index in [1.807, 2.05) is 34.9 Å². The molecule has 2 N–H and O–H groups in total. The first-order chi connectivity index (χ1) is 9.19. The Kier molecular flexibility index (Phi) is 2.87. The molecule has 1 aromatic carbocycles. The van der Waals surface area contributed by atoms with E-state index in [1.54, 1.807) is 13.2 Å². The molecular formula is C13H11BrN4O. The van der Waals surface area contributed by atoms with Crippen molar-refractivity contribution in [3.8, 4) is 17.1 Å². The molecule has 0 bridgehead atoms. The predicted molar refractivity (Wildman–Crippen MR) is 77.1 cm³/mol. The topological polar surface area (TPSA) is 65.4 Å². The number of hydrogen-bond acceptors (Lipinski definition) is 4. The number of benzene rings is 1. The van der Waals surface area contributed by atoms with Gasteiger partial charge in [0.2, 0.25) is 0 Å². The Morgan fingerprint density at radius 2 is 2.11 bits per heavy atom. The number of halogens is 1. The minimum Gasteiger partial charge on any atom is -0.497 e. The highest BCUT2D eigenvalue weighted by Crippen LogP contribution is 2.26. The van der Waals surface area contributed by atoms with Crippen molar-refractivity contribution < 1.29 is 4.74 Å². The molecule has 6 heteroatoms. The number of methoxy groups -OCH3 is 1. The van der Waals surface area contributed by atoms with Crippen LogP contribution in [0.2, 0.25) is 0 Å². The zero-order chi connectivity index (χ0) is 13.4. The molecule has 2 aromatic heterocycles. The average molecular weight is 319 g/mol. The number of nitrogens with two attached hydrogens (primary N) is 1. The summed E-state index contributed by atoms with van der Waals surface area (Å²) in [5.41, 5.74) is 8.07. The Balaban J connectivity index is 2.25. The van der Waals surface area contributed by atoms with Crippen molar-refractivity contribution in [1.82, 2.24) is 14.6 Å². The maximum Gasteiger partial charge on any atom is 0.184 e. The number of aromatic nitrogens is 3. The van der Waals surface area contributed by atoms with Crippen molar-refractivity contribution in [3.63, 3.8) is 0 Å². The van der Waals surface area contributed by atoms with Crippen LogP contribution in [0.25, 0.3) is 17.0 Å². The van der Waals surface area contributed by atoms with Crippen LogP contribution < -0.4 is 10.5 Å². The van der Waals surface area contributed by atoms with Crippen molar-refractivity contribution in [3.05, 3.63) is 41.0 Å². The summed E-state index contributed by atoms with van der Waals surface area (Å²) in [7, 11) is 1.63. The highest BCUT2D eigenvalue weighted by Gasteiger charge is 2.11. The molecule has 19 heavy (non-hydrogen) atoms. The normalized spacial score (nSPS) is 10.8. The molecule has 3 aromatic rings. The van der Waals surface area contributed by atoms with E-state index in [1.165, 1.54) is 0 Å². The van der Waals surface area contributed by atoms with Gasteiger partial charge >= 0.3 is 0 Å². The fraction of sp³-hybridized carbons (Fsp3) is 0.0769. The van der Waals surface area contributed by atoms with Gasteiger partial charge in [0.15, 0.2) is 11.5 Å². The third-order valence-corrected chi connectivity index (χ3v) is 3.26. The minimum atomic E-state index is 0.580. The lowest BCUT2D eigenvalue weighted by Gasteiger charge is -2.04. The van der Waals surface area contributed by atoms with Crippen LogP contribution in [0.5, 0.6) is 5.75 Å². The fourth-order valence-corrected chi connectivity index (χ4v) is 2.39. The molecule has 5 nitrogen and oxygen atoms in total. The number of rotatable bonds is 2. The number of fused-ring (bicyclic) bond motifs is 1. The predicted octanol–water partition coefficient (Wildman–Crippen LogP) is 2.75. The van der Waals surface area contributed by atoms with Gasteiger partial charge in [0.05, 0.1) is 12.8 Å². The summed E-state index contributed by atoms with van der Waals surface area (Å²) >= 11 is 3.42. The van der Waals surface area contributed by atoms with Gasteiger partial charge in [-0.1, -0.05) is 12.1 Å². The zero-order valence-corrected chi connectivity index (χ0v) is 11.8. The lowest BCUT2D eigenvalue weighted by molar-refractivity contribution is 0.415. The van der Waals surface area contributed by atoms with Gasteiger partial charge in [-0.15, -0.1) is 10.2 Å². The standard InChI is InChI=1S/C13H11BrN4O/c1-19-10-4-2-3-8(5-10)12-16-17-13-11(15)6-9(14)7-18(12)13/h2-7H,15H2,1H3. The second kappa shape index (κ2) is 4.55. The molecule has 0 unspecified atom stereocenters. The highest BCUT2D eigenvalue weighted by atomic mass is 79.9. The van der Waals surface area contributed by atoms with Gasteiger partial charge < -0.3 is 10.5 Å². The molecule has 3 rings (SSSR count). The monoisotopic (exact) mass is 318 g/mol. The van der Waals surface area contributed by atoms with Crippen molar-refractivity contribution in [1.29, 1.82) is 0 Å². The van der Waals surface area contributed by atoms with Crippen LogP contribution in [0.3, 0.4) is 0 Å². The van der Waals surface area contributed by atoms with E-state index in [0.717, 1.165) is 21.6 Å². The van der Waals surface area contributed by atoms with E-state index < -0.39 is 0 Å². The first kappa shape index (κ1) is 12.0. The molecule has 0 aliphatic rings. The van der Waals surface area contributed by atoms with E-state index in [9.17, 15) is 0 Å². The first-order valence-corrected chi connectivity index (χ1v) is 6.42. The zero-order valence-electron chi connectivity index (χ0n) is 10.2. The molecule has 0 aliphatic carbocycles. The number of nitrogens with zero attached hydrogens (tertiary/aromatic N) is 3. The molecular weight excluding hydrogens is 308 g/mol. The third kappa shape index (κ3) is 2.04. The number of hydrogen-bond donors (Lipinski definition) is 1. The van der Waals surface area contributed by atoms with Gasteiger partial charge in [-0.25, -0.2) is 0 Å². The second-order valence-electron chi connectivity index (χ2n) is 4.06. The maximum atomic E-state index is 5.93. The number of pyridine rings is 1. The molecule has 0 fully saturated rings. The summed E-state index contributed by atoms with van der Waals surface area (Å²) < 4.78 is 7.95. The van der Waals surface area contributed by atoms with Gasteiger partial charge in [0.25, 0.3) is 0 Å². The quantitative estimate of drug-likeness (QED) is 0.789. The Labute approximate surface area is 118 Å². The van der Waals surface area contributed by atoms with Crippen molar-refractivity contribution >= 4 is 27.3 Å². The number of nitrogen functional groups attached to an aromatic ring is 1. The lowest BCUT2D eigenvalue weighted by atomic mass is 10.2. The van der Waals surface area contributed by atoms with Gasteiger partial charge in [0.1, 0.15) is 5.75 Å². The fourth-order valence-electron chi connectivity index (χ4n) is 1.94. The molecule has 0 spiro atoms. The van der Waals surface area contributed by atoms with E-state index in [0.29, 0.717) is 11.3 Å². The minimum absolute atomic E-state index is 0.580. The summed E-state index contributed by atoms with van der Waals surface area (Å²) in [5.74, 6) is 1.50. The van der Waals surface area contributed by atoms with Crippen LogP contribution in [-0.4, -0.2) is 21.7 Å². The van der Waals surface area contributed by atoms with E-state index in [4.69, 9.17) is 10.5 Å². The molecule has 0 saturated heterocycles. The van der Waals surface area contributed by atoms with Gasteiger partial charge in [-0.05, 0) is 34.1 Å². The first-order valence-electron chi connectivity index (χ1n) is 5.63. The van der Waals surface area contributed by atoms with Crippen LogP contribution in [0.1, 0.15) is 0 Å². The van der Waals surface area contributed by atoms with Gasteiger partial charge in [-0.2, -0.15) is 0 Å².